The number of hydrogen-bond donors (Lipinski definition) is 0. The Balaban J connectivity index is 2.10. The number of ether oxygens (including phenoxy) is 1. The molecule has 1 aliphatic rings. The fourth-order valence-electron chi connectivity index (χ4n) is 3.50. The molecule has 0 N–H and O–H groups in total. The number of alkyl halides is 1. The molecule has 2 heterocycles. The van der Waals surface area contributed by atoms with Crippen molar-refractivity contribution < 1.29 is 4.74 Å². The summed E-state index contributed by atoms with van der Waals surface area (Å²) in [6.07, 6.45) is 5.35. The van der Waals surface area contributed by atoms with Gasteiger partial charge in [-0.25, -0.2) is 4.98 Å². The minimum atomic E-state index is 0.357. The molecule has 3 rings (SSSR count). The summed E-state index contributed by atoms with van der Waals surface area (Å²) in [6.45, 7) is 2.12. The van der Waals surface area contributed by atoms with E-state index >= 15 is 0 Å². The van der Waals surface area contributed by atoms with Crippen molar-refractivity contribution in [1.29, 1.82) is 0 Å². The first-order valence-electron chi connectivity index (χ1n) is 7.71. The van der Waals surface area contributed by atoms with Gasteiger partial charge in [0.1, 0.15) is 11.3 Å². The van der Waals surface area contributed by atoms with E-state index in [2.05, 4.69) is 16.6 Å². The number of aromatic nitrogens is 4. The highest BCUT2D eigenvalue weighted by molar-refractivity contribution is 6.17. The van der Waals surface area contributed by atoms with E-state index in [1.165, 1.54) is 0 Å². The molecule has 6 heteroatoms. The molecule has 0 aliphatic heterocycles. The highest BCUT2D eigenvalue weighted by atomic mass is 35.5. The quantitative estimate of drug-likeness (QED) is 0.798. The number of hydrogen-bond acceptors (Lipinski definition) is 3. The molecule has 0 aromatic carbocycles. The molecule has 2 aromatic heterocycles. The molecule has 2 atom stereocenters. The molecule has 5 nitrogen and oxygen atoms in total. The second-order valence-corrected chi connectivity index (χ2v) is 6.14. The third kappa shape index (κ3) is 2.46. The lowest BCUT2D eigenvalue weighted by atomic mass is 10.2. The summed E-state index contributed by atoms with van der Waals surface area (Å²) in [4.78, 5) is 4.84. The Labute approximate surface area is 130 Å². The van der Waals surface area contributed by atoms with Gasteiger partial charge in [-0.3, -0.25) is 4.68 Å². The number of imidazole rings is 1. The van der Waals surface area contributed by atoms with Crippen LogP contribution >= 0.6 is 11.6 Å². The lowest BCUT2D eigenvalue weighted by molar-refractivity contribution is 0.106. The first kappa shape index (κ1) is 14.9. The van der Waals surface area contributed by atoms with Crippen molar-refractivity contribution in [3.63, 3.8) is 0 Å². The molecule has 1 fully saturated rings. The van der Waals surface area contributed by atoms with Crippen molar-refractivity contribution in [2.45, 2.75) is 51.2 Å². The summed E-state index contributed by atoms with van der Waals surface area (Å²) in [5.74, 6) is 1.68. The maximum atomic E-state index is 5.98. The zero-order chi connectivity index (χ0) is 15.0. The molecule has 2 aromatic rings. The van der Waals surface area contributed by atoms with E-state index < -0.39 is 0 Å². The van der Waals surface area contributed by atoms with E-state index in [4.69, 9.17) is 21.3 Å². The molecule has 1 aliphatic carbocycles. The predicted molar refractivity (Wildman–Crippen MR) is 84.0 cm³/mol. The van der Waals surface area contributed by atoms with E-state index in [0.717, 1.165) is 54.8 Å². The van der Waals surface area contributed by atoms with Crippen LogP contribution in [0, 0.1) is 0 Å². The Morgan fingerprint density at radius 1 is 1.38 bits per heavy atom. The Bertz CT molecular complexity index is 633. The molecule has 0 saturated heterocycles. The third-order valence-electron chi connectivity index (χ3n) is 4.52. The first-order chi connectivity index (χ1) is 10.2. The Kier molecular flexibility index (Phi) is 4.22. The average Bonchev–Trinajstić information content (AvgIpc) is 3.14. The van der Waals surface area contributed by atoms with Gasteiger partial charge < -0.3 is 9.30 Å². The van der Waals surface area contributed by atoms with Gasteiger partial charge in [0.25, 0.3) is 0 Å². The van der Waals surface area contributed by atoms with Gasteiger partial charge in [0.2, 0.25) is 0 Å². The van der Waals surface area contributed by atoms with E-state index in [1.807, 2.05) is 11.7 Å². The van der Waals surface area contributed by atoms with Gasteiger partial charge in [-0.15, -0.1) is 11.6 Å². The van der Waals surface area contributed by atoms with Gasteiger partial charge >= 0.3 is 0 Å². The smallest absolute Gasteiger partial charge is 0.158 e. The van der Waals surface area contributed by atoms with Crippen LogP contribution in [-0.4, -0.2) is 38.4 Å². The van der Waals surface area contributed by atoms with Gasteiger partial charge in [-0.1, -0.05) is 6.92 Å². The lowest BCUT2D eigenvalue weighted by Gasteiger charge is -2.16. The van der Waals surface area contributed by atoms with Crippen molar-refractivity contribution in [2.24, 2.45) is 7.05 Å². The summed E-state index contributed by atoms with van der Waals surface area (Å²) in [7, 11) is 3.81. The Morgan fingerprint density at radius 3 is 2.81 bits per heavy atom. The third-order valence-corrected chi connectivity index (χ3v) is 4.71. The number of fused-ring (bicyclic) bond motifs is 1. The SMILES string of the molecule is CCc1nn(C)c2c1nc(CCCl)n2C1CCC(OC)C1. The van der Waals surface area contributed by atoms with Crippen LogP contribution in [-0.2, 0) is 24.6 Å². The minimum Gasteiger partial charge on any atom is -0.381 e. The first-order valence-corrected chi connectivity index (χ1v) is 8.24. The second-order valence-electron chi connectivity index (χ2n) is 5.76. The molecule has 0 bridgehead atoms. The van der Waals surface area contributed by atoms with E-state index in [0.29, 0.717) is 18.0 Å². The predicted octanol–water partition coefficient (Wildman–Crippen LogP) is 2.85. The summed E-state index contributed by atoms with van der Waals surface area (Å²) in [6, 6.07) is 0.443. The lowest BCUT2D eigenvalue weighted by Crippen LogP contribution is -2.14. The van der Waals surface area contributed by atoms with Crippen molar-refractivity contribution >= 4 is 22.8 Å². The molecule has 0 radical (unpaired) electrons. The molecule has 1 saturated carbocycles. The van der Waals surface area contributed by atoms with Gasteiger partial charge in [0.05, 0.1) is 11.8 Å². The summed E-state index contributed by atoms with van der Waals surface area (Å²) < 4.78 is 9.86. The zero-order valence-corrected chi connectivity index (χ0v) is 13.7. The highest BCUT2D eigenvalue weighted by Gasteiger charge is 2.30. The van der Waals surface area contributed by atoms with Crippen LogP contribution in [0.15, 0.2) is 0 Å². The van der Waals surface area contributed by atoms with Crippen LogP contribution < -0.4 is 0 Å². The Hall–Kier alpha value is -1.07. The van der Waals surface area contributed by atoms with Crippen LogP contribution in [0.4, 0.5) is 0 Å². The van der Waals surface area contributed by atoms with Crippen molar-refractivity contribution in [2.75, 3.05) is 13.0 Å². The highest BCUT2D eigenvalue weighted by Crippen LogP contribution is 2.35. The van der Waals surface area contributed by atoms with Crippen LogP contribution in [0.1, 0.15) is 43.7 Å². The van der Waals surface area contributed by atoms with Gasteiger partial charge in [-0.05, 0) is 25.7 Å². The number of rotatable bonds is 5. The van der Waals surface area contributed by atoms with Crippen molar-refractivity contribution in [1.82, 2.24) is 19.3 Å². The number of halogens is 1. The van der Waals surface area contributed by atoms with Crippen LogP contribution in [0.3, 0.4) is 0 Å². The van der Waals surface area contributed by atoms with E-state index in [-0.39, 0.29) is 0 Å². The topological polar surface area (TPSA) is 44.9 Å². The average molecular weight is 311 g/mol. The number of aryl methyl sites for hydroxylation is 3. The molecule has 116 valence electrons. The molecule has 0 spiro atoms. The molecule has 21 heavy (non-hydrogen) atoms. The number of methoxy groups -OCH3 is 1. The van der Waals surface area contributed by atoms with Crippen LogP contribution in [0.5, 0.6) is 0 Å². The normalized spacial score (nSPS) is 22.5. The fourth-order valence-corrected chi connectivity index (χ4v) is 3.67. The fraction of sp³-hybridized carbons (Fsp3) is 0.733. The van der Waals surface area contributed by atoms with Gasteiger partial charge in [0, 0.05) is 32.5 Å². The molecule has 2 unspecified atom stereocenters. The molecular formula is C15H23ClN4O. The van der Waals surface area contributed by atoms with Crippen molar-refractivity contribution in [3.05, 3.63) is 11.5 Å². The Morgan fingerprint density at radius 2 is 2.19 bits per heavy atom. The maximum Gasteiger partial charge on any atom is 0.158 e. The second kappa shape index (κ2) is 5.97. The summed E-state index contributed by atoms with van der Waals surface area (Å²) >= 11 is 5.98. The zero-order valence-electron chi connectivity index (χ0n) is 13.0. The molecule has 0 amide bonds. The minimum absolute atomic E-state index is 0.357. The van der Waals surface area contributed by atoms with E-state index in [9.17, 15) is 0 Å². The molecular weight excluding hydrogens is 288 g/mol. The summed E-state index contributed by atoms with van der Waals surface area (Å²) in [5.41, 5.74) is 3.25. The van der Waals surface area contributed by atoms with Gasteiger partial charge in [-0.2, -0.15) is 5.10 Å². The van der Waals surface area contributed by atoms with Gasteiger partial charge in [0.15, 0.2) is 5.65 Å². The van der Waals surface area contributed by atoms with Crippen molar-refractivity contribution in [3.8, 4) is 0 Å². The summed E-state index contributed by atoms with van der Waals surface area (Å²) in [5, 5.41) is 4.61. The largest absolute Gasteiger partial charge is 0.381 e. The standard InChI is InChI=1S/C15H23ClN4O/c1-4-12-14-15(19(2)18-12)20(13(17-14)7-8-16)10-5-6-11(9-10)21-3/h10-11H,4-9H2,1-3H3. The maximum absolute atomic E-state index is 5.98. The van der Waals surface area contributed by atoms with Crippen LogP contribution in [0.2, 0.25) is 0 Å². The van der Waals surface area contributed by atoms with Crippen LogP contribution in [0.25, 0.3) is 11.2 Å². The monoisotopic (exact) mass is 310 g/mol. The van der Waals surface area contributed by atoms with E-state index in [1.54, 1.807) is 7.11 Å². The number of nitrogens with zero attached hydrogens (tertiary/aromatic N) is 4.